The predicted octanol–water partition coefficient (Wildman–Crippen LogP) is 1.61. The van der Waals surface area contributed by atoms with Crippen molar-refractivity contribution in [2.24, 2.45) is 5.92 Å². The highest BCUT2D eigenvalue weighted by molar-refractivity contribution is 5.91. The monoisotopic (exact) mass is 152 g/mol. The number of H-pyrrole nitrogens is 1. The fourth-order valence-electron chi connectivity index (χ4n) is 0.685. The van der Waals surface area contributed by atoms with E-state index in [4.69, 9.17) is 0 Å². The van der Waals surface area contributed by atoms with Crippen LogP contribution in [0.25, 0.3) is 0 Å². The lowest BCUT2D eigenvalue weighted by molar-refractivity contribution is -0.118. The van der Waals surface area contributed by atoms with E-state index in [9.17, 15) is 4.79 Å². The average molecular weight is 152 g/mol. The summed E-state index contributed by atoms with van der Waals surface area (Å²) in [7, 11) is 0. The number of hydrogen-bond donors (Lipinski definition) is 2. The van der Waals surface area contributed by atoms with Gasteiger partial charge in [0, 0.05) is 12.1 Å². The lowest BCUT2D eigenvalue weighted by Crippen LogP contribution is -2.17. The van der Waals surface area contributed by atoms with Crippen LogP contribution in [0.15, 0.2) is 18.3 Å². The molecule has 3 heteroatoms. The summed E-state index contributed by atoms with van der Waals surface area (Å²) in [6.07, 6.45) is 1.77. The Morgan fingerprint density at radius 1 is 1.64 bits per heavy atom. The van der Waals surface area contributed by atoms with Crippen LogP contribution in [0.1, 0.15) is 13.8 Å². The van der Waals surface area contributed by atoms with E-state index in [1.807, 2.05) is 26.0 Å². The van der Waals surface area contributed by atoms with Gasteiger partial charge in [0.15, 0.2) is 0 Å². The van der Waals surface area contributed by atoms with Gasteiger partial charge in [0.25, 0.3) is 0 Å². The Kier molecular flexibility index (Phi) is 2.31. The molecule has 11 heavy (non-hydrogen) atoms. The summed E-state index contributed by atoms with van der Waals surface area (Å²) in [5.74, 6) is 0.814. The smallest absolute Gasteiger partial charge is 0.228 e. The molecular formula is C8H12N2O. The number of aromatic nitrogens is 1. The first-order chi connectivity index (χ1) is 5.20. The first kappa shape index (κ1) is 7.85. The molecule has 1 aromatic rings. The van der Waals surface area contributed by atoms with E-state index in [1.54, 1.807) is 6.20 Å². The molecule has 60 valence electrons. The van der Waals surface area contributed by atoms with Gasteiger partial charge >= 0.3 is 0 Å². The molecule has 0 aliphatic rings. The predicted molar refractivity (Wildman–Crippen MR) is 44.3 cm³/mol. The number of carbonyl (C=O) groups is 1. The highest BCUT2D eigenvalue weighted by atomic mass is 16.1. The second-order valence-corrected chi connectivity index (χ2v) is 2.73. The SMILES string of the molecule is CC(C)C(=O)Nc1ccc[nH]1. The molecule has 2 N–H and O–H groups in total. The molecular weight excluding hydrogens is 140 g/mol. The van der Waals surface area contributed by atoms with E-state index < -0.39 is 0 Å². The van der Waals surface area contributed by atoms with E-state index in [1.165, 1.54) is 0 Å². The van der Waals surface area contributed by atoms with E-state index in [0.29, 0.717) is 0 Å². The Balaban J connectivity index is 2.50. The van der Waals surface area contributed by atoms with Crippen molar-refractivity contribution < 1.29 is 4.79 Å². The highest BCUT2D eigenvalue weighted by Gasteiger charge is 2.06. The maximum Gasteiger partial charge on any atom is 0.228 e. The molecule has 1 rings (SSSR count). The third-order valence-corrected chi connectivity index (χ3v) is 1.38. The van der Waals surface area contributed by atoms with Gasteiger partial charge in [-0.1, -0.05) is 13.8 Å². The zero-order valence-electron chi connectivity index (χ0n) is 6.72. The topological polar surface area (TPSA) is 44.9 Å². The summed E-state index contributed by atoms with van der Waals surface area (Å²) in [5.41, 5.74) is 0. The number of rotatable bonds is 2. The first-order valence-electron chi connectivity index (χ1n) is 3.64. The van der Waals surface area contributed by atoms with Crippen LogP contribution >= 0.6 is 0 Å². The van der Waals surface area contributed by atoms with Gasteiger partial charge in [-0.25, -0.2) is 0 Å². The highest BCUT2D eigenvalue weighted by Crippen LogP contribution is 2.03. The molecule has 1 aromatic heterocycles. The van der Waals surface area contributed by atoms with Gasteiger partial charge in [-0.2, -0.15) is 0 Å². The van der Waals surface area contributed by atoms with Gasteiger partial charge < -0.3 is 10.3 Å². The molecule has 1 heterocycles. The molecule has 0 saturated carbocycles. The van der Waals surface area contributed by atoms with Crippen LogP contribution in [0.3, 0.4) is 0 Å². The molecule has 0 spiro atoms. The second-order valence-electron chi connectivity index (χ2n) is 2.73. The molecule has 0 unspecified atom stereocenters. The van der Waals surface area contributed by atoms with Crippen LogP contribution in [0.2, 0.25) is 0 Å². The van der Waals surface area contributed by atoms with Crippen molar-refractivity contribution in [2.75, 3.05) is 5.32 Å². The van der Waals surface area contributed by atoms with Gasteiger partial charge in [-0.05, 0) is 12.1 Å². The quantitative estimate of drug-likeness (QED) is 0.664. The zero-order chi connectivity index (χ0) is 8.27. The second kappa shape index (κ2) is 3.23. The van der Waals surface area contributed by atoms with Gasteiger partial charge in [-0.3, -0.25) is 4.79 Å². The Morgan fingerprint density at radius 2 is 2.36 bits per heavy atom. The minimum absolute atomic E-state index is 0.0262. The molecule has 0 bridgehead atoms. The van der Waals surface area contributed by atoms with Crippen LogP contribution in [0.5, 0.6) is 0 Å². The van der Waals surface area contributed by atoms with Crippen molar-refractivity contribution in [1.82, 2.24) is 4.98 Å². The van der Waals surface area contributed by atoms with Gasteiger partial charge in [0.05, 0.1) is 0 Å². The Hall–Kier alpha value is -1.25. The number of anilines is 1. The number of aromatic amines is 1. The molecule has 0 aliphatic carbocycles. The van der Waals surface area contributed by atoms with E-state index in [-0.39, 0.29) is 11.8 Å². The van der Waals surface area contributed by atoms with Crippen molar-refractivity contribution in [3.63, 3.8) is 0 Å². The van der Waals surface area contributed by atoms with Gasteiger partial charge in [0.1, 0.15) is 5.82 Å². The molecule has 3 nitrogen and oxygen atoms in total. The Labute approximate surface area is 65.8 Å². The van der Waals surface area contributed by atoms with E-state index >= 15 is 0 Å². The number of carbonyl (C=O) groups excluding carboxylic acids is 1. The van der Waals surface area contributed by atoms with Crippen LogP contribution < -0.4 is 5.32 Å². The minimum Gasteiger partial charge on any atom is -0.348 e. The summed E-state index contributed by atoms with van der Waals surface area (Å²) in [6, 6.07) is 3.66. The molecule has 0 atom stereocenters. The number of hydrogen-bond acceptors (Lipinski definition) is 1. The van der Waals surface area contributed by atoms with Crippen molar-refractivity contribution in [2.45, 2.75) is 13.8 Å². The van der Waals surface area contributed by atoms with Crippen LogP contribution in [0, 0.1) is 5.92 Å². The molecule has 1 amide bonds. The molecule has 0 fully saturated rings. The van der Waals surface area contributed by atoms with Gasteiger partial charge in [-0.15, -0.1) is 0 Å². The largest absolute Gasteiger partial charge is 0.348 e. The van der Waals surface area contributed by atoms with Crippen molar-refractivity contribution in [3.05, 3.63) is 18.3 Å². The standard InChI is InChI=1S/C8H12N2O/c1-6(2)8(11)10-7-4-3-5-9-7/h3-6,9H,1-2H3,(H,10,11). The number of amides is 1. The average Bonchev–Trinajstić information content (AvgIpc) is 2.39. The Morgan fingerprint density at radius 3 is 2.82 bits per heavy atom. The van der Waals surface area contributed by atoms with Crippen LogP contribution in [-0.2, 0) is 4.79 Å². The maximum atomic E-state index is 11.1. The summed E-state index contributed by atoms with van der Waals surface area (Å²) in [6.45, 7) is 3.72. The summed E-state index contributed by atoms with van der Waals surface area (Å²) in [4.78, 5) is 14.0. The van der Waals surface area contributed by atoms with Crippen molar-refractivity contribution >= 4 is 11.7 Å². The molecule has 0 saturated heterocycles. The lowest BCUT2D eigenvalue weighted by Gasteiger charge is -2.04. The van der Waals surface area contributed by atoms with E-state index in [2.05, 4.69) is 10.3 Å². The van der Waals surface area contributed by atoms with Crippen LogP contribution in [0.4, 0.5) is 5.82 Å². The molecule has 0 aliphatic heterocycles. The summed E-state index contributed by atoms with van der Waals surface area (Å²) < 4.78 is 0. The first-order valence-corrected chi connectivity index (χ1v) is 3.64. The third-order valence-electron chi connectivity index (χ3n) is 1.38. The van der Waals surface area contributed by atoms with Gasteiger partial charge in [0.2, 0.25) is 5.91 Å². The maximum absolute atomic E-state index is 11.1. The van der Waals surface area contributed by atoms with Crippen molar-refractivity contribution in [3.8, 4) is 0 Å². The van der Waals surface area contributed by atoms with Crippen LogP contribution in [-0.4, -0.2) is 10.9 Å². The van der Waals surface area contributed by atoms with Crippen molar-refractivity contribution in [1.29, 1.82) is 0 Å². The third kappa shape index (κ3) is 2.11. The Bertz CT molecular complexity index is 226. The molecule has 0 radical (unpaired) electrons. The van der Waals surface area contributed by atoms with E-state index in [0.717, 1.165) is 5.82 Å². The lowest BCUT2D eigenvalue weighted by atomic mass is 10.2. The fraction of sp³-hybridized carbons (Fsp3) is 0.375. The molecule has 0 aromatic carbocycles. The summed E-state index contributed by atoms with van der Waals surface area (Å²) >= 11 is 0. The number of nitrogens with one attached hydrogen (secondary N) is 2. The summed E-state index contributed by atoms with van der Waals surface area (Å²) in [5, 5.41) is 2.73. The minimum atomic E-state index is 0.0262. The fourth-order valence-corrected chi connectivity index (χ4v) is 0.685. The zero-order valence-corrected chi connectivity index (χ0v) is 6.72. The normalized spacial score (nSPS) is 10.1.